The van der Waals surface area contributed by atoms with Crippen LogP contribution in [0.5, 0.6) is 0 Å². The van der Waals surface area contributed by atoms with Gasteiger partial charge in [0.25, 0.3) is 6.43 Å². The van der Waals surface area contributed by atoms with Gasteiger partial charge in [-0.1, -0.05) is 0 Å². The van der Waals surface area contributed by atoms with E-state index in [1.54, 1.807) is 10.9 Å². The fourth-order valence-corrected chi connectivity index (χ4v) is 1.77. The van der Waals surface area contributed by atoms with E-state index in [1.807, 2.05) is 13.8 Å². The van der Waals surface area contributed by atoms with Crippen molar-refractivity contribution in [2.24, 2.45) is 5.10 Å². The van der Waals surface area contributed by atoms with Gasteiger partial charge in [0.05, 0.1) is 12.4 Å². The van der Waals surface area contributed by atoms with Crippen molar-refractivity contribution >= 4 is 18.4 Å². The lowest BCUT2D eigenvalue weighted by atomic mass is 10.3. The second-order valence-corrected chi connectivity index (χ2v) is 4.13. The number of rotatable bonds is 4. The summed E-state index contributed by atoms with van der Waals surface area (Å²) in [5, 5.41) is 13.8. The summed E-state index contributed by atoms with van der Waals surface area (Å²) >= 11 is 4.85. The third-order valence-corrected chi connectivity index (χ3v) is 2.89. The van der Waals surface area contributed by atoms with Crippen molar-refractivity contribution in [2.75, 3.05) is 0 Å². The first-order chi connectivity index (χ1) is 9.04. The predicted octanol–water partition coefficient (Wildman–Crippen LogP) is 2.29. The number of aryl methyl sites for hydroxylation is 1. The summed E-state index contributed by atoms with van der Waals surface area (Å²) in [4.78, 5) is 0. The van der Waals surface area contributed by atoms with Crippen LogP contribution in [0.4, 0.5) is 8.78 Å². The molecule has 0 saturated heterocycles. The van der Waals surface area contributed by atoms with E-state index in [-0.39, 0.29) is 4.77 Å². The molecule has 0 aliphatic rings. The minimum absolute atomic E-state index is 0.0205. The largest absolute Gasteiger partial charge is 0.299 e. The Bertz CT molecular complexity index is 653. The highest BCUT2D eigenvalue weighted by molar-refractivity contribution is 7.71. The van der Waals surface area contributed by atoms with Gasteiger partial charge in [0.2, 0.25) is 10.6 Å². The highest BCUT2D eigenvalue weighted by Crippen LogP contribution is 2.16. The van der Waals surface area contributed by atoms with Crippen LogP contribution in [-0.4, -0.2) is 30.9 Å². The second-order valence-electron chi connectivity index (χ2n) is 3.75. The number of H-pyrrole nitrogens is 1. The van der Waals surface area contributed by atoms with Gasteiger partial charge in [0, 0.05) is 17.8 Å². The van der Waals surface area contributed by atoms with Crippen molar-refractivity contribution < 1.29 is 8.78 Å². The molecule has 2 aromatic rings. The van der Waals surface area contributed by atoms with E-state index < -0.39 is 12.2 Å². The van der Waals surface area contributed by atoms with Crippen LogP contribution in [0.25, 0.3) is 0 Å². The molecule has 0 fully saturated rings. The molecular weight excluding hydrogens is 274 g/mol. The van der Waals surface area contributed by atoms with Gasteiger partial charge in [-0.15, -0.1) is 0 Å². The first-order valence-corrected chi connectivity index (χ1v) is 5.97. The minimum atomic E-state index is -2.75. The molecule has 2 aromatic heterocycles. The van der Waals surface area contributed by atoms with E-state index in [2.05, 4.69) is 20.4 Å². The smallest absolute Gasteiger partial charge is 0.269 e. The fourth-order valence-electron chi connectivity index (χ4n) is 1.58. The molecule has 0 spiro atoms. The zero-order valence-electron chi connectivity index (χ0n) is 10.3. The number of alkyl halides is 2. The first-order valence-electron chi connectivity index (χ1n) is 5.56. The molecule has 102 valence electrons. The van der Waals surface area contributed by atoms with Gasteiger partial charge in [0.15, 0.2) is 0 Å². The molecule has 0 amide bonds. The molecule has 2 rings (SSSR count). The summed E-state index contributed by atoms with van der Waals surface area (Å²) in [6.45, 7) is 4.57. The molecule has 0 aliphatic heterocycles. The molecule has 6 nitrogen and oxygen atoms in total. The van der Waals surface area contributed by atoms with E-state index in [1.165, 1.54) is 6.21 Å². The van der Waals surface area contributed by atoms with Crippen LogP contribution in [0.2, 0.25) is 0 Å². The molecular formula is C10H12F2N6S. The summed E-state index contributed by atoms with van der Waals surface area (Å²) in [6, 6.07) is 0. The Morgan fingerprint density at radius 2 is 2.32 bits per heavy atom. The lowest BCUT2D eigenvalue weighted by molar-refractivity contribution is 0.136. The lowest BCUT2D eigenvalue weighted by Crippen LogP contribution is -2.01. The van der Waals surface area contributed by atoms with Crippen LogP contribution in [0.1, 0.15) is 30.4 Å². The molecule has 0 radical (unpaired) electrons. The number of nitrogens with one attached hydrogen (secondary N) is 1. The Morgan fingerprint density at radius 1 is 1.58 bits per heavy atom. The number of hydrogen-bond acceptors (Lipinski definition) is 4. The zero-order valence-corrected chi connectivity index (χ0v) is 11.2. The zero-order chi connectivity index (χ0) is 14.0. The van der Waals surface area contributed by atoms with Gasteiger partial charge < -0.3 is 0 Å². The van der Waals surface area contributed by atoms with Crippen LogP contribution >= 0.6 is 12.2 Å². The van der Waals surface area contributed by atoms with Gasteiger partial charge >= 0.3 is 0 Å². The predicted molar refractivity (Wildman–Crippen MR) is 68.0 cm³/mol. The van der Waals surface area contributed by atoms with Gasteiger partial charge in [-0.2, -0.15) is 20.0 Å². The van der Waals surface area contributed by atoms with Crippen LogP contribution in [0, 0.1) is 11.7 Å². The molecule has 9 heteroatoms. The summed E-state index contributed by atoms with van der Waals surface area (Å²) in [7, 11) is 0. The quantitative estimate of drug-likeness (QED) is 0.693. The maximum atomic E-state index is 12.7. The van der Waals surface area contributed by atoms with Gasteiger partial charge in [-0.25, -0.2) is 13.9 Å². The molecule has 1 N–H and O–H groups in total. The topological polar surface area (TPSA) is 63.8 Å². The van der Waals surface area contributed by atoms with Crippen LogP contribution in [0.3, 0.4) is 0 Å². The maximum Gasteiger partial charge on any atom is 0.299 e. The average molecular weight is 286 g/mol. The second kappa shape index (κ2) is 5.39. The van der Waals surface area contributed by atoms with Crippen LogP contribution < -0.4 is 0 Å². The van der Waals surface area contributed by atoms with Crippen LogP contribution in [0.15, 0.2) is 11.3 Å². The maximum absolute atomic E-state index is 12.7. The van der Waals surface area contributed by atoms with E-state index in [0.29, 0.717) is 0 Å². The van der Waals surface area contributed by atoms with E-state index >= 15 is 0 Å². The Balaban J connectivity index is 2.35. The molecule has 2 heterocycles. The number of halogens is 2. The summed E-state index contributed by atoms with van der Waals surface area (Å²) in [6.07, 6.45) is 0.310. The fraction of sp³-hybridized carbons (Fsp3) is 0.400. The Labute approximate surface area is 112 Å². The Morgan fingerprint density at radius 3 is 2.89 bits per heavy atom. The van der Waals surface area contributed by atoms with E-state index in [9.17, 15) is 8.78 Å². The molecule has 0 bridgehead atoms. The minimum Gasteiger partial charge on any atom is -0.269 e. The monoisotopic (exact) mass is 286 g/mol. The normalized spacial score (nSPS) is 11.8. The van der Waals surface area contributed by atoms with E-state index in [0.717, 1.165) is 22.5 Å². The number of aromatic nitrogens is 5. The third kappa shape index (κ3) is 2.60. The lowest BCUT2D eigenvalue weighted by Gasteiger charge is -1.99. The van der Waals surface area contributed by atoms with Gasteiger partial charge in [0.1, 0.15) is 0 Å². The van der Waals surface area contributed by atoms with Crippen molar-refractivity contribution in [3.8, 4) is 0 Å². The number of aromatic amines is 1. The number of nitrogens with zero attached hydrogens (tertiary/aromatic N) is 5. The average Bonchev–Trinajstić information content (AvgIpc) is 2.90. The van der Waals surface area contributed by atoms with Crippen LogP contribution in [-0.2, 0) is 6.54 Å². The summed E-state index contributed by atoms with van der Waals surface area (Å²) in [5.41, 5.74) is 1.64. The van der Waals surface area contributed by atoms with E-state index in [4.69, 9.17) is 12.2 Å². The highest BCUT2D eigenvalue weighted by atomic mass is 32.1. The summed E-state index contributed by atoms with van der Waals surface area (Å²) < 4.78 is 28.0. The van der Waals surface area contributed by atoms with Gasteiger partial charge in [-0.05, 0) is 26.1 Å². The van der Waals surface area contributed by atoms with Crippen molar-refractivity contribution in [2.45, 2.75) is 26.8 Å². The third-order valence-electron chi connectivity index (χ3n) is 2.62. The highest BCUT2D eigenvalue weighted by Gasteiger charge is 2.16. The standard InChI is InChI=1S/C10H12F2N6S/c1-3-17-6(2)7(4-13-17)5-14-18-9(8(11)12)15-16-10(18)19/h4-5,8H,3H2,1-2H3,(H,16,19). The molecule has 0 aliphatic carbocycles. The van der Waals surface area contributed by atoms with Crippen molar-refractivity contribution in [3.05, 3.63) is 28.0 Å². The molecule has 0 atom stereocenters. The summed E-state index contributed by atoms with van der Waals surface area (Å²) in [5.74, 6) is -0.512. The first kappa shape index (κ1) is 13.5. The molecule has 19 heavy (non-hydrogen) atoms. The number of hydrogen-bond donors (Lipinski definition) is 1. The van der Waals surface area contributed by atoms with Gasteiger partial charge in [-0.3, -0.25) is 4.68 Å². The molecule has 0 aromatic carbocycles. The molecule has 0 saturated carbocycles. The Hall–Kier alpha value is -1.90. The van der Waals surface area contributed by atoms with Crippen molar-refractivity contribution in [1.82, 2.24) is 24.7 Å². The molecule has 0 unspecified atom stereocenters. The SMILES string of the molecule is CCn1ncc(C=Nn2c(C(F)F)n[nH]c2=S)c1C. The van der Waals surface area contributed by atoms with Crippen molar-refractivity contribution in [1.29, 1.82) is 0 Å². The van der Waals surface area contributed by atoms with Crippen molar-refractivity contribution in [3.63, 3.8) is 0 Å². The Kier molecular flexibility index (Phi) is 3.84.